The minimum Gasteiger partial charge on any atom is -0.497 e. The lowest BCUT2D eigenvalue weighted by atomic mass is 10.1. The molecular weight excluding hydrogens is 182 g/mol. The lowest BCUT2D eigenvalue weighted by Crippen LogP contribution is -2.01. The Morgan fingerprint density at radius 3 is 2.50 bits per heavy atom. The molecule has 0 aromatic heterocycles. The van der Waals surface area contributed by atoms with Crippen LogP contribution >= 0.6 is 0 Å². The van der Waals surface area contributed by atoms with Crippen LogP contribution in [0.3, 0.4) is 0 Å². The number of hydrogen-bond acceptors (Lipinski definition) is 4. The van der Waals surface area contributed by atoms with Crippen molar-refractivity contribution < 1.29 is 14.6 Å². The molecule has 4 heteroatoms. The van der Waals surface area contributed by atoms with Gasteiger partial charge in [-0.25, -0.2) is 0 Å². The van der Waals surface area contributed by atoms with Crippen molar-refractivity contribution in [2.75, 3.05) is 26.6 Å². The zero-order chi connectivity index (χ0) is 10.6. The highest BCUT2D eigenvalue weighted by Gasteiger charge is 2.08. The fraction of sp³-hybridized carbons (Fsp3) is 0.400. The average Bonchev–Trinajstić information content (AvgIpc) is 2.21. The standard InChI is InChI=1S/C10H15NO3/c1-13-8-5-7(3-4-12)10(11)9(6-8)14-2/h5-6,12H,3-4,11H2,1-2H3. The van der Waals surface area contributed by atoms with E-state index in [-0.39, 0.29) is 6.61 Å². The quantitative estimate of drug-likeness (QED) is 0.701. The summed E-state index contributed by atoms with van der Waals surface area (Å²) in [7, 11) is 3.13. The van der Waals surface area contributed by atoms with Crippen molar-refractivity contribution in [3.63, 3.8) is 0 Å². The van der Waals surface area contributed by atoms with Gasteiger partial charge in [0.25, 0.3) is 0 Å². The molecule has 0 fully saturated rings. The third kappa shape index (κ3) is 2.09. The van der Waals surface area contributed by atoms with Gasteiger partial charge >= 0.3 is 0 Å². The van der Waals surface area contributed by atoms with Crippen LogP contribution in [0.25, 0.3) is 0 Å². The van der Waals surface area contributed by atoms with Gasteiger partial charge in [-0.3, -0.25) is 0 Å². The average molecular weight is 197 g/mol. The van der Waals surface area contributed by atoms with Crippen molar-refractivity contribution >= 4 is 5.69 Å². The summed E-state index contributed by atoms with van der Waals surface area (Å²) in [6, 6.07) is 3.52. The predicted molar refractivity (Wildman–Crippen MR) is 54.7 cm³/mol. The van der Waals surface area contributed by atoms with Gasteiger partial charge in [0.05, 0.1) is 19.9 Å². The summed E-state index contributed by atoms with van der Waals surface area (Å²) in [4.78, 5) is 0. The summed E-state index contributed by atoms with van der Waals surface area (Å²) < 4.78 is 10.2. The molecule has 0 aliphatic heterocycles. The predicted octanol–water partition coefficient (Wildman–Crippen LogP) is 0.821. The van der Waals surface area contributed by atoms with Crippen molar-refractivity contribution in [3.8, 4) is 11.5 Å². The number of aliphatic hydroxyl groups is 1. The van der Waals surface area contributed by atoms with E-state index in [0.717, 1.165) is 5.56 Å². The zero-order valence-electron chi connectivity index (χ0n) is 8.41. The Balaban J connectivity index is 3.12. The number of hydrogen-bond donors (Lipinski definition) is 2. The number of benzene rings is 1. The van der Waals surface area contributed by atoms with Crippen LogP contribution in [0.4, 0.5) is 5.69 Å². The minimum atomic E-state index is 0.0561. The van der Waals surface area contributed by atoms with Crippen LogP contribution < -0.4 is 15.2 Å². The van der Waals surface area contributed by atoms with Crippen LogP contribution in [0.15, 0.2) is 12.1 Å². The number of nitrogen functional groups attached to an aromatic ring is 1. The van der Waals surface area contributed by atoms with Crippen molar-refractivity contribution in [2.45, 2.75) is 6.42 Å². The monoisotopic (exact) mass is 197 g/mol. The Morgan fingerprint density at radius 1 is 1.29 bits per heavy atom. The van der Waals surface area contributed by atoms with Gasteiger partial charge in [-0.05, 0) is 18.1 Å². The molecule has 0 saturated carbocycles. The van der Waals surface area contributed by atoms with Gasteiger partial charge in [-0.1, -0.05) is 0 Å². The lowest BCUT2D eigenvalue weighted by Gasteiger charge is -2.11. The van der Waals surface area contributed by atoms with E-state index < -0.39 is 0 Å². The molecular formula is C10H15NO3. The highest BCUT2D eigenvalue weighted by atomic mass is 16.5. The Kier molecular flexibility index (Phi) is 3.59. The first kappa shape index (κ1) is 10.7. The van der Waals surface area contributed by atoms with Gasteiger partial charge in [0.2, 0.25) is 0 Å². The summed E-state index contributed by atoms with van der Waals surface area (Å²) >= 11 is 0. The molecule has 0 amide bonds. The van der Waals surface area contributed by atoms with E-state index in [9.17, 15) is 0 Å². The second kappa shape index (κ2) is 4.72. The normalized spacial score (nSPS) is 9.93. The molecule has 0 aliphatic rings. The summed E-state index contributed by atoms with van der Waals surface area (Å²) in [5.41, 5.74) is 7.21. The molecule has 0 atom stereocenters. The van der Waals surface area contributed by atoms with Crippen LogP contribution in [0, 0.1) is 0 Å². The van der Waals surface area contributed by atoms with Crippen LogP contribution in [-0.4, -0.2) is 25.9 Å². The van der Waals surface area contributed by atoms with E-state index in [1.807, 2.05) is 0 Å². The molecule has 14 heavy (non-hydrogen) atoms. The summed E-state index contributed by atoms with van der Waals surface area (Å²) in [6.45, 7) is 0.0561. The summed E-state index contributed by atoms with van der Waals surface area (Å²) in [5.74, 6) is 1.26. The van der Waals surface area contributed by atoms with Gasteiger partial charge in [-0.15, -0.1) is 0 Å². The lowest BCUT2D eigenvalue weighted by molar-refractivity contribution is 0.299. The van der Waals surface area contributed by atoms with Crippen molar-refractivity contribution in [1.29, 1.82) is 0 Å². The number of anilines is 1. The molecule has 78 valence electrons. The van der Waals surface area contributed by atoms with Crippen LogP contribution in [0.1, 0.15) is 5.56 Å². The van der Waals surface area contributed by atoms with Crippen LogP contribution in [-0.2, 0) is 6.42 Å². The van der Waals surface area contributed by atoms with Gasteiger partial charge in [-0.2, -0.15) is 0 Å². The largest absolute Gasteiger partial charge is 0.497 e. The second-order valence-electron chi connectivity index (χ2n) is 2.88. The molecule has 1 aromatic rings. The van der Waals surface area contributed by atoms with Crippen molar-refractivity contribution in [1.82, 2.24) is 0 Å². The number of ether oxygens (including phenoxy) is 2. The number of methoxy groups -OCH3 is 2. The van der Waals surface area contributed by atoms with Crippen molar-refractivity contribution in [3.05, 3.63) is 17.7 Å². The number of aliphatic hydroxyl groups excluding tert-OH is 1. The zero-order valence-corrected chi connectivity index (χ0v) is 8.41. The first-order valence-electron chi connectivity index (χ1n) is 4.34. The molecule has 3 N–H and O–H groups in total. The van der Waals surface area contributed by atoms with E-state index in [1.165, 1.54) is 0 Å². The molecule has 0 radical (unpaired) electrons. The van der Waals surface area contributed by atoms with Gasteiger partial charge in [0.15, 0.2) is 0 Å². The van der Waals surface area contributed by atoms with E-state index in [2.05, 4.69) is 0 Å². The fourth-order valence-electron chi connectivity index (χ4n) is 1.27. The van der Waals surface area contributed by atoms with E-state index in [4.69, 9.17) is 20.3 Å². The third-order valence-electron chi connectivity index (χ3n) is 2.04. The summed E-state index contributed by atoms with van der Waals surface area (Å²) in [6.07, 6.45) is 0.499. The number of nitrogens with two attached hydrogens (primary N) is 1. The Bertz CT molecular complexity index is 312. The molecule has 0 bridgehead atoms. The summed E-state index contributed by atoms with van der Waals surface area (Å²) in [5, 5.41) is 8.83. The maximum Gasteiger partial charge on any atom is 0.145 e. The first-order chi connectivity index (χ1) is 6.72. The molecule has 0 saturated heterocycles. The second-order valence-corrected chi connectivity index (χ2v) is 2.88. The smallest absolute Gasteiger partial charge is 0.145 e. The molecule has 0 heterocycles. The molecule has 1 rings (SSSR count). The molecule has 1 aromatic carbocycles. The topological polar surface area (TPSA) is 64.7 Å². The highest BCUT2D eigenvalue weighted by molar-refractivity contribution is 5.61. The fourth-order valence-corrected chi connectivity index (χ4v) is 1.27. The van der Waals surface area contributed by atoms with Crippen LogP contribution in [0.2, 0.25) is 0 Å². The molecule has 4 nitrogen and oxygen atoms in total. The molecule has 0 spiro atoms. The van der Waals surface area contributed by atoms with E-state index in [1.54, 1.807) is 26.4 Å². The third-order valence-corrected chi connectivity index (χ3v) is 2.04. The molecule has 0 aliphatic carbocycles. The van der Waals surface area contributed by atoms with Crippen LogP contribution in [0.5, 0.6) is 11.5 Å². The first-order valence-corrected chi connectivity index (χ1v) is 4.34. The van der Waals surface area contributed by atoms with Gasteiger partial charge in [0, 0.05) is 12.7 Å². The van der Waals surface area contributed by atoms with Gasteiger partial charge in [0.1, 0.15) is 11.5 Å². The van der Waals surface area contributed by atoms with E-state index in [0.29, 0.717) is 23.6 Å². The highest BCUT2D eigenvalue weighted by Crippen LogP contribution is 2.31. The SMILES string of the molecule is COc1cc(CCO)c(N)c(OC)c1. The Morgan fingerprint density at radius 2 is 2.00 bits per heavy atom. The maximum atomic E-state index is 8.83. The molecule has 0 unspecified atom stereocenters. The Hall–Kier alpha value is -1.42. The van der Waals surface area contributed by atoms with E-state index >= 15 is 0 Å². The van der Waals surface area contributed by atoms with Crippen molar-refractivity contribution in [2.24, 2.45) is 0 Å². The number of rotatable bonds is 4. The van der Waals surface area contributed by atoms with Gasteiger partial charge < -0.3 is 20.3 Å². The maximum absolute atomic E-state index is 8.83. The minimum absolute atomic E-state index is 0.0561. The Labute approximate surface area is 83.3 Å².